The van der Waals surface area contributed by atoms with Crippen molar-refractivity contribution in [2.45, 2.75) is 31.6 Å². The summed E-state index contributed by atoms with van der Waals surface area (Å²) in [4.78, 5) is 2.84. The van der Waals surface area contributed by atoms with Gasteiger partial charge in [-0.25, -0.2) is 0 Å². The van der Waals surface area contributed by atoms with Crippen LogP contribution < -0.4 is 0 Å². The van der Waals surface area contributed by atoms with Gasteiger partial charge in [0.05, 0.1) is 18.2 Å². The molecule has 1 fully saturated rings. The summed E-state index contributed by atoms with van der Waals surface area (Å²) in [6.07, 6.45) is -0.277. The van der Waals surface area contributed by atoms with Crippen molar-refractivity contribution in [3.05, 3.63) is 46.3 Å². The summed E-state index contributed by atoms with van der Waals surface area (Å²) in [5.41, 5.74) is 9.66. The standard InChI is InChI=1S/C13H17N3O2/c1-9-12(15-16-14)11(17)7-8-18-13(9)10-5-3-2-4-6-10/h2-6,9,11-13,17H,7-8H2,1H3/t9-,11+,12-,13-/m0/s1. The van der Waals surface area contributed by atoms with Gasteiger partial charge in [0.2, 0.25) is 0 Å². The van der Waals surface area contributed by atoms with Crippen LogP contribution in [0, 0.1) is 5.92 Å². The number of ether oxygens (including phenoxy) is 1. The summed E-state index contributed by atoms with van der Waals surface area (Å²) in [6.45, 7) is 2.42. The van der Waals surface area contributed by atoms with Crippen molar-refractivity contribution in [2.24, 2.45) is 11.0 Å². The van der Waals surface area contributed by atoms with Crippen molar-refractivity contribution in [1.29, 1.82) is 0 Å². The largest absolute Gasteiger partial charge is 0.393 e. The average Bonchev–Trinajstić information content (AvgIpc) is 2.53. The van der Waals surface area contributed by atoms with E-state index in [1.54, 1.807) is 0 Å². The normalized spacial score (nSPS) is 32.3. The van der Waals surface area contributed by atoms with Crippen molar-refractivity contribution in [1.82, 2.24) is 0 Å². The van der Waals surface area contributed by atoms with Crippen molar-refractivity contribution in [3.8, 4) is 0 Å². The highest BCUT2D eigenvalue weighted by Gasteiger charge is 2.34. The first-order valence-electron chi connectivity index (χ1n) is 6.13. The SMILES string of the molecule is C[C@H]1[C@H](N=[N+]=[N-])[C@H](O)CCO[C@@H]1c1ccccc1. The molecule has 1 saturated heterocycles. The number of azide groups is 1. The van der Waals surface area contributed by atoms with Crippen LogP contribution in [0.25, 0.3) is 10.4 Å². The van der Waals surface area contributed by atoms with Crippen LogP contribution in [0.15, 0.2) is 35.4 Å². The smallest absolute Gasteiger partial charge is 0.0855 e. The van der Waals surface area contributed by atoms with Crippen LogP contribution >= 0.6 is 0 Å². The molecule has 2 rings (SSSR count). The van der Waals surface area contributed by atoms with E-state index in [1.165, 1.54) is 0 Å². The maximum Gasteiger partial charge on any atom is 0.0855 e. The van der Waals surface area contributed by atoms with Crippen LogP contribution in [0.1, 0.15) is 25.0 Å². The monoisotopic (exact) mass is 247 g/mol. The molecule has 1 aliphatic rings. The summed E-state index contributed by atoms with van der Waals surface area (Å²) >= 11 is 0. The number of benzene rings is 1. The molecule has 5 nitrogen and oxygen atoms in total. The Bertz CT molecular complexity index is 431. The van der Waals surface area contributed by atoms with Crippen LogP contribution in [0.3, 0.4) is 0 Å². The van der Waals surface area contributed by atoms with Crippen molar-refractivity contribution < 1.29 is 9.84 Å². The molecule has 96 valence electrons. The number of hydrogen-bond donors (Lipinski definition) is 1. The number of hydrogen-bond acceptors (Lipinski definition) is 3. The Kier molecular flexibility index (Phi) is 4.20. The predicted octanol–water partition coefficient (Wildman–Crippen LogP) is 2.82. The molecule has 0 bridgehead atoms. The quantitative estimate of drug-likeness (QED) is 0.495. The van der Waals surface area contributed by atoms with Gasteiger partial charge >= 0.3 is 0 Å². The number of aliphatic hydroxyl groups excluding tert-OH is 1. The molecule has 0 aliphatic carbocycles. The van der Waals surface area contributed by atoms with E-state index in [0.29, 0.717) is 13.0 Å². The molecule has 1 aromatic rings. The Morgan fingerprint density at radius 1 is 1.39 bits per heavy atom. The molecule has 0 aromatic heterocycles. The van der Waals surface area contributed by atoms with E-state index in [1.807, 2.05) is 37.3 Å². The highest BCUT2D eigenvalue weighted by molar-refractivity contribution is 5.19. The summed E-state index contributed by atoms with van der Waals surface area (Å²) in [5, 5.41) is 13.7. The van der Waals surface area contributed by atoms with E-state index in [4.69, 9.17) is 10.3 Å². The summed E-state index contributed by atoms with van der Waals surface area (Å²) in [7, 11) is 0. The zero-order valence-electron chi connectivity index (χ0n) is 10.3. The molecule has 0 saturated carbocycles. The van der Waals surface area contributed by atoms with Gasteiger partial charge in [-0.15, -0.1) is 0 Å². The Morgan fingerprint density at radius 2 is 2.11 bits per heavy atom. The van der Waals surface area contributed by atoms with E-state index in [9.17, 15) is 5.11 Å². The van der Waals surface area contributed by atoms with Crippen LogP contribution in [-0.2, 0) is 4.74 Å². The Labute approximate surface area is 106 Å². The lowest BCUT2D eigenvalue weighted by molar-refractivity contribution is 0.0262. The third-order valence-electron chi connectivity index (χ3n) is 3.43. The average molecular weight is 247 g/mol. The molecule has 1 heterocycles. The first kappa shape index (κ1) is 12.9. The molecule has 1 aromatic carbocycles. The van der Waals surface area contributed by atoms with Gasteiger partial charge in [0.15, 0.2) is 0 Å². The molecule has 4 atom stereocenters. The van der Waals surface area contributed by atoms with Gasteiger partial charge in [-0.2, -0.15) is 0 Å². The highest BCUT2D eigenvalue weighted by atomic mass is 16.5. The molecule has 0 amide bonds. The zero-order valence-corrected chi connectivity index (χ0v) is 10.3. The number of rotatable bonds is 2. The van der Waals surface area contributed by atoms with Crippen LogP contribution in [0.5, 0.6) is 0 Å². The fourth-order valence-electron chi connectivity index (χ4n) is 2.45. The van der Waals surface area contributed by atoms with Gasteiger partial charge in [-0.3, -0.25) is 0 Å². The van der Waals surface area contributed by atoms with Gasteiger partial charge < -0.3 is 9.84 Å². The maximum absolute atomic E-state index is 9.97. The molecular formula is C13H17N3O2. The van der Waals surface area contributed by atoms with Crippen LogP contribution in [0.4, 0.5) is 0 Å². The molecule has 1 N–H and O–H groups in total. The minimum Gasteiger partial charge on any atom is -0.393 e. The highest BCUT2D eigenvalue weighted by Crippen LogP contribution is 2.34. The third-order valence-corrected chi connectivity index (χ3v) is 3.43. The lowest BCUT2D eigenvalue weighted by atomic mass is 9.88. The fraction of sp³-hybridized carbons (Fsp3) is 0.538. The fourth-order valence-corrected chi connectivity index (χ4v) is 2.45. The Balaban J connectivity index is 2.28. The Morgan fingerprint density at radius 3 is 2.78 bits per heavy atom. The van der Waals surface area contributed by atoms with Crippen molar-refractivity contribution in [3.63, 3.8) is 0 Å². The third kappa shape index (κ3) is 2.64. The Hall–Kier alpha value is -1.55. The molecule has 1 aliphatic heterocycles. The van der Waals surface area contributed by atoms with E-state index in [-0.39, 0.29) is 12.0 Å². The van der Waals surface area contributed by atoms with Crippen LogP contribution in [0.2, 0.25) is 0 Å². The molecule has 18 heavy (non-hydrogen) atoms. The molecule has 0 radical (unpaired) electrons. The lowest BCUT2D eigenvalue weighted by Crippen LogP contribution is -2.31. The first-order chi connectivity index (χ1) is 8.74. The molecular weight excluding hydrogens is 230 g/mol. The van der Waals surface area contributed by atoms with Gasteiger partial charge in [0.1, 0.15) is 0 Å². The lowest BCUT2D eigenvalue weighted by Gasteiger charge is -2.27. The summed E-state index contributed by atoms with van der Waals surface area (Å²) < 4.78 is 5.80. The molecule has 0 spiro atoms. The minimum atomic E-state index is -0.635. The number of aliphatic hydroxyl groups is 1. The molecule has 5 heteroatoms. The second kappa shape index (κ2) is 5.87. The zero-order chi connectivity index (χ0) is 13.0. The van der Waals surface area contributed by atoms with Gasteiger partial charge in [-0.1, -0.05) is 42.4 Å². The van der Waals surface area contributed by atoms with E-state index < -0.39 is 12.1 Å². The van der Waals surface area contributed by atoms with Crippen LogP contribution in [-0.4, -0.2) is 23.9 Å². The minimum absolute atomic E-state index is 0.0548. The van der Waals surface area contributed by atoms with Gasteiger partial charge in [0, 0.05) is 11.5 Å². The summed E-state index contributed by atoms with van der Waals surface area (Å²) in [6, 6.07) is 9.40. The maximum atomic E-state index is 9.97. The van der Waals surface area contributed by atoms with E-state index in [0.717, 1.165) is 5.56 Å². The number of nitrogens with zero attached hydrogens (tertiary/aromatic N) is 3. The topological polar surface area (TPSA) is 78.2 Å². The second-order valence-electron chi connectivity index (χ2n) is 4.61. The van der Waals surface area contributed by atoms with E-state index in [2.05, 4.69) is 10.0 Å². The van der Waals surface area contributed by atoms with Crippen molar-refractivity contribution in [2.75, 3.05) is 6.61 Å². The first-order valence-corrected chi connectivity index (χ1v) is 6.13. The van der Waals surface area contributed by atoms with E-state index >= 15 is 0 Å². The van der Waals surface area contributed by atoms with Crippen molar-refractivity contribution >= 4 is 0 Å². The summed E-state index contributed by atoms with van der Waals surface area (Å²) in [5.74, 6) is -0.0548. The van der Waals surface area contributed by atoms with Gasteiger partial charge in [0.25, 0.3) is 0 Å². The van der Waals surface area contributed by atoms with Gasteiger partial charge in [-0.05, 0) is 23.4 Å². The predicted molar refractivity (Wildman–Crippen MR) is 67.9 cm³/mol. The molecule has 0 unspecified atom stereocenters. The second-order valence-corrected chi connectivity index (χ2v) is 4.61.